The molecule has 32 heavy (non-hydrogen) atoms. The molecule has 0 aliphatic heterocycles. The summed E-state index contributed by atoms with van der Waals surface area (Å²) in [5.41, 5.74) is 0.995. The average molecular weight is 453 g/mol. The molecule has 1 amide bonds. The van der Waals surface area contributed by atoms with E-state index in [2.05, 4.69) is 18.8 Å². The second-order valence-corrected chi connectivity index (χ2v) is 8.71. The number of carbonyl (C=O) groups is 1. The van der Waals surface area contributed by atoms with Gasteiger partial charge in [0, 0.05) is 18.8 Å². The summed E-state index contributed by atoms with van der Waals surface area (Å²) in [6.45, 7) is 4.89. The molecule has 0 aliphatic carbocycles. The zero-order valence-electron chi connectivity index (χ0n) is 18.1. The molecule has 0 bridgehead atoms. The molecule has 3 rings (SSSR count). The third-order valence-electron chi connectivity index (χ3n) is 4.97. The van der Waals surface area contributed by atoms with Gasteiger partial charge in [-0.1, -0.05) is 37.7 Å². The summed E-state index contributed by atoms with van der Waals surface area (Å²) >= 11 is 1.20. The highest BCUT2D eigenvalue weighted by atomic mass is 32.2. The molecule has 0 fully saturated rings. The molecule has 1 heterocycles. The highest BCUT2D eigenvalue weighted by Gasteiger charge is 2.19. The molecule has 3 aromatic rings. The molecule has 6 nitrogen and oxygen atoms in total. The Bertz CT molecular complexity index is 1190. The number of nitrogens with zero attached hydrogens (tertiary/aromatic N) is 4. The van der Waals surface area contributed by atoms with Gasteiger partial charge in [-0.2, -0.15) is 5.26 Å². The molecule has 0 N–H and O–H groups in total. The van der Waals surface area contributed by atoms with Crippen LogP contribution in [0.15, 0.2) is 58.5 Å². The molecule has 0 saturated carbocycles. The number of benzene rings is 2. The van der Waals surface area contributed by atoms with E-state index >= 15 is 0 Å². The number of fused-ring (bicyclic) bond motifs is 1. The van der Waals surface area contributed by atoms with Crippen molar-refractivity contribution in [3.05, 3.63) is 64.7 Å². The first kappa shape index (κ1) is 23.5. The van der Waals surface area contributed by atoms with E-state index in [1.807, 2.05) is 18.2 Å². The first-order chi connectivity index (χ1) is 15.4. The second kappa shape index (κ2) is 10.9. The van der Waals surface area contributed by atoms with Crippen LogP contribution in [0, 0.1) is 23.1 Å². The second-order valence-electron chi connectivity index (χ2n) is 7.77. The monoisotopic (exact) mass is 452 g/mol. The minimum Gasteiger partial charge on any atom is -0.311 e. The SMILES string of the molecule is CC(C)CCn1c(SCC(=O)N(CCC#N)c2ccc(F)cc2)nc2ccccc2c1=O. The molecule has 0 radical (unpaired) electrons. The molecular weight excluding hydrogens is 427 g/mol. The van der Waals surface area contributed by atoms with Crippen molar-refractivity contribution < 1.29 is 9.18 Å². The Balaban J connectivity index is 1.87. The lowest BCUT2D eigenvalue weighted by molar-refractivity contribution is -0.116. The fraction of sp³-hybridized carbons (Fsp3) is 0.333. The van der Waals surface area contributed by atoms with Crippen LogP contribution in [-0.2, 0) is 11.3 Å². The number of carbonyl (C=O) groups excluding carboxylic acids is 1. The van der Waals surface area contributed by atoms with Gasteiger partial charge in [0.1, 0.15) is 5.82 Å². The number of halogens is 1. The van der Waals surface area contributed by atoms with Gasteiger partial charge in [0.05, 0.1) is 29.1 Å². The number of rotatable bonds is 9. The van der Waals surface area contributed by atoms with Gasteiger partial charge in [-0.15, -0.1) is 0 Å². The van der Waals surface area contributed by atoms with Crippen molar-refractivity contribution in [3.63, 3.8) is 0 Å². The normalized spacial score (nSPS) is 11.0. The fourth-order valence-corrected chi connectivity index (χ4v) is 4.13. The quantitative estimate of drug-likeness (QED) is 0.350. The van der Waals surface area contributed by atoms with E-state index in [1.54, 1.807) is 16.7 Å². The summed E-state index contributed by atoms with van der Waals surface area (Å²) in [5, 5.41) is 10.0. The summed E-state index contributed by atoms with van der Waals surface area (Å²) in [4.78, 5) is 32.2. The first-order valence-corrected chi connectivity index (χ1v) is 11.4. The number of aromatic nitrogens is 2. The number of hydrogen-bond donors (Lipinski definition) is 0. The molecule has 0 atom stereocenters. The van der Waals surface area contributed by atoms with E-state index < -0.39 is 5.82 Å². The van der Waals surface area contributed by atoms with Crippen LogP contribution in [0.4, 0.5) is 10.1 Å². The first-order valence-electron chi connectivity index (χ1n) is 10.5. The predicted molar refractivity (Wildman–Crippen MR) is 125 cm³/mol. The van der Waals surface area contributed by atoms with Crippen molar-refractivity contribution >= 4 is 34.3 Å². The predicted octanol–water partition coefficient (Wildman–Crippen LogP) is 4.62. The smallest absolute Gasteiger partial charge is 0.262 e. The van der Waals surface area contributed by atoms with Gasteiger partial charge in [0.25, 0.3) is 5.56 Å². The maximum Gasteiger partial charge on any atom is 0.262 e. The summed E-state index contributed by atoms with van der Waals surface area (Å²) in [5.74, 6) is -0.192. The standard InChI is InChI=1S/C24H25FN4O2S/c1-17(2)12-15-29-23(31)20-6-3-4-7-21(20)27-24(29)32-16-22(30)28(14-5-13-26)19-10-8-18(25)9-11-19/h3-4,6-11,17H,5,12,14-16H2,1-2H3. The Morgan fingerprint density at radius 2 is 1.94 bits per heavy atom. The van der Waals surface area contributed by atoms with E-state index in [0.29, 0.717) is 34.2 Å². The zero-order chi connectivity index (χ0) is 23.1. The molecule has 0 saturated heterocycles. The van der Waals surface area contributed by atoms with Crippen LogP contribution in [0.3, 0.4) is 0 Å². The van der Waals surface area contributed by atoms with E-state index in [9.17, 15) is 14.0 Å². The van der Waals surface area contributed by atoms with E-state index in [-0.39, 0.29) is 30.2 Å². The van der Waals surface area contributed by atoms with E-state index in [4.69, 9.17) is 5.26 Å². The van der Waals surface area contributed by atoms with Crippen LogP contribution in [0.2, 0.25) is 0 Å². The summed E-state index contributed by atoms with van der Waals surface area (Å²) in [6.07, 6.45) is 0.965. The third-order valence-corrected chi connectivity index (χ3v) is 5.93. The maximum absolute atomic E-state index is 13.3. The molecule has 1 aromatic heterocycles. The summed E-state index contributed by atoms with van der Waals surface area (Å²) in [6, 6.07) is 14.8. The Morgan fingerprint density at radius 3 is 2.62 bits per heavy atom. The minimum atomic E-state index is -0.398. The highest BCUT2D eigenvalue weighted by molar-refractivity contribution is 7.99. The number of hydrogen-bond acceptors (Lipinski definition) is 5. The molecule has 2 aromatic carbocycles. The van der Waals surface area contributed by atoms with E-state index in [1.165, 1.54) is 40.9 Å². The van der Waals surface area contributed by atoms with Gasteiger partial charge in [-0.05, 0) is 48.7 Å². The van der Waals surface area contributed by atoms with Gasteiger partial charge in [-0.25, -0.2) is 9.37 Å². The summed E-state index contributed by atoms with van der Waals surface area (Å²) in [7, 11) is 0. The number of nitriles is 1. The Morgan fingerprint density at radius 1 is 1.22 bits per heavy atom. The molecule has 0 aliphatic rings. The molecular formula is C24H25FN4O2S. The van der Waals surface area contributed by atoms with Gasteiger partial charge >= 0.3 is 0 Å². The van der Waals surface area contributed by atoms with Crippen LogP contribution in [0.5, 0.6) is 0 Å². The van der Waals surface area contributed by atoms with Crippen molar-refractivity contribution in [2.24, 2.45) is 5.92 Å². The molecule has 0 unspecified atom stereocenters. The molecule has 166 valence electrons. The van der Waals surface area contributed by atoms with E-state index in [0.717, 1.165) is 6.42 Å². The lowest BCUT2D eigenvalue weighted by atomic mass is 10.1. The van der Waals surface area contributed by atoms with Crippen LogP contribution < -0.4 is 10.5 Å². The lowest BCUT2D eigenvalue weighted by Crippen LogP contribution is -2.33. The summed E-state index contributed by atoms with van der Waals surface area (Å²) < 4.78 is 14.9. The molecule has 0 spiro atoms. The Hall–Kier alpha value is -3.18. The van der Waals surface area contributed by atoms with Crippen LogP contribution in [0.25, 0.3) is 10.9 Å². The minimum absolute atomic E-state index is 0.0370. The van der Waals surface area contributed by atoms with Crippen LogP contribution >= 0.6 is 11.8 Å². The van der Waals surface area contributed by atoms with Crippen LogP contribution in [0.1, 0.15) is 26.7 Å². The average Bonchev–Trinajstić information content (AvgIpc) is 2.78. The number of thioether (sulfide) groups is 1. The number of anilines is 1. The van der Waals surface area contributed by atoms with Crippen molar-refractivity contribution in [3.8, 4) is 6.07 Å². The van der Waals surface area contributed by atoms with Gasteiger partial charge in [0.2, 0.25) is 5.91 Å². The number of amides is 1. The van der Waals surface area contributed by atoms with Crippen molar-refractivity contribution in [2.75, 3.05) is 17.2 Å². The highest BCUT2D eigenvalue weighted by Crippen LogP contribution is 2.22. The largest absolute Gasteiger partial charge is 0.311 e. The Labute approximate surface area is 190 Å². The van der Waals surface area contributed by atoms with Gasteiger partial charge in [-0.3, -0.25) is 14.2 Å². The lowest BCUT2D eigenvalue weighted by Gasteiger charge is -2.22. The zero-order valence-corrected chi connectivity index (χ0v) is 18.9. The van der Waals surface area contributed by atoms with Crippen molar-refractivity contribution in [1.29, 1.82) is 5.26 Å². The number of para-hydroxylation sites is 1. The van der Waals surface area contributed by atoms with Crippen molar-refractivity contribution in [2.45, 2.75) is 38.4 Å². The maximum atomic E-state index is 13.3. The third kappa shape index (κ3) is 5.74. The van der Waals surface area contributed by atoms with Crippen LogP contribution in [-0.4, -0.2) is 27.8 Å². The Kier molecular flexibility index (Phi) is 8.01. The van der Waals surface area contributed by atoms with Gasteiger partial charge in [0.15, 0.2) is 5.16 Å². The molecule has 8 heteroatoms. The topological polar surface area (TPSA) is 79.0 Å². The van der Waals surface area contributed by atoms with Crippen molar-refractivity contribution in [1.82, 2.24) is 9.55 Å². The van der Waals surface area contributed by atoms with Gasteiger partial charge < -0.3 is 4.90 Å². The fourth-order valence-electron chi connectivity index (χ4n) is 3.23.